The summed E-state index contributed by atoms with van der Waals surface area (Å²) >= 11 is 0. The van der Waals surface area contributed by atoms with E-state index in [2.05, 4.69) is 13.8 Å². The molecule has 0 aliphatic rings. The summed E-state index contributed by atoms with van der Waals surface area (Å²) in [6, 6.07) is 0. The van der Waals surface area contributed by atoms with Crippen molar-refractivity contribution < 1.29 is 19.4 Å². The van der Waals surface area contributed by atoms with Crippen molar-refractivity contribution in [2.45, 2.75) is 161 Å². The first kappa shape index (κ1) is 32.4. The Morgan fingerprint density at radius 1 is 0.606 bits per heavy atom. The Hall–Kier alpha value is -0.610. The fourth-order valence-electron chi connectivity index (χ4n) is 4.21. The van der Waals surface area contributed by atoms with Gasteiger partial charge in [0.15, 0.2) is 0 Å². The van der Waals surface area contributed by atoms with Crippen LogP contribution >= 0.6 is 0 Å². The Morgan fingerprint density at radius 2 is 1.00 bits per heavy atom. The van der Waals surface area contributed by atoms with E-state index in [-0.39, 0.29) is 12.6 Å². The maximum absolute atomic E-state index is 11.8. The van der Waals surface area contributed by atoms with Gasteiger partial charge in [-0.05, 0) is 12.8 Å². The summed E-state index contributed by atoms with van der Waals surface area (Å²) in [5, 5.41) is 9.40. The summed E-state index contributed by atoms with van der Waals surface area (Å²) in [7, 11) is 0. The van der Waals surface area contributed by atoms with E-state index in [0.717, 1.165) is 19.3 Å². The zero-order chi connectivity index (χ0) is 24.2. The molecule has 0 radical (unpaired) electrons. The van der Waals surface area contributed by atoms with E-state index in [9.17, 15) is 9.90 Å². The Morgan fingerprint density at radius 3 is 1.42 bits per heavy atom. The quantitative estimate of drug-likeness (QED) is 0.0965. The fraction of sp³-hybridized carbons (Fsp3) is 0.966. The summed E-state index contributed by atoms with van der Waals surface area (Å²) in [5.41, 5.74) is 0. The average Bonchev–Trinajstić information content (AvgIpc) is 2.82. The highest BCUT2D eigenvalue weighted by Crippen LogP contribution is 2.14. The third-order valence-electron chi connectivity index (χ3n) is 6.43. The molecule has 0 heterocycles. The normalized spacial score (nSPS) is 12.2. The van der Waals surface area contributed by atoms with Crippen LogP contribution in [0.4, 0.5) is 0 Å². The average molecular weight is 471 g/mol. The monoisotopic (exact) mass is 470 g/mol. The van der Waals surface area contributed by atoms with Crippen molar-refractivity contribution in [3.05, 3.63) is 0 Å². The molecule has 0 saturated carbocycles. The summed E-state index contributed by atoms with van der Waals surface area (Å²) < 4.78 is 11.0. The maximum Gasteiger partial charge on any atom is 0.306 e. The van der Waals surface area contributed by atoms with E-state index in [0.29, 0.717) is 19.6 Å². The Balaban J connectivity index is 3.33. The van der Waals surface area contributed by atoms with Gasteiger partial charge in [0.1, 0.15) is 6.10 Å². The van der Waals surface area contributed by atoms with Gasteiger partial charge in [-0.25, -0.2) is 0 Å². The van der Waals surface area contributed by atoms with E-state index < -0.39 is 6.10 Å². The number of aliphatic hydroxyl groups is 1. The molecule has 1 N–H and O–H groups in total. The molecule has 1 unspecified atom stereocenters. The van der Waals surface area contributed by atoms with Crippen LogP contribution in [0, 0.1) is 0 Å². The number of rotatable bonds is 27. The number of ether oxygens (including phenoxy) is 2. The number of carbonyl (C=O) groups is 1. The van der Waals surface area contributed by atoms with Crippen LogP contribution in [0.3, 0.4) is 0 Å². The molecular formula is C29H58O4. The molecule has 0 bridgehead atoms. The largest absolute Gasteiger partial charge is 0.457 e. The van der Waals surface area contributed by atoms with Crippen LogP contribution in [0.1, 0.15) is 155 Å². The fourth-order valence-corrected chi connectivity index (χ4v) is 4.21. The molecule has 4 heteroatoms. The number of unbranched alkanes of at least 4 members (excludes halogenated alkanes) is 19. The van der Waals surface area contributed by atoms with Crippen molar-refractivity contribution in [3.8, 4) is 0 Å². The maximum atomic E-state index is 11.8. The molecule has 0 aromatic heterocycles. The van der Waals surface area contributed by atoms with Crippen LogP contribution in [0.25, 0.3) is 0 Å². The van der Waals surface area contributed by atoms with E-state index in [1.165, 1.54) is 116 Å². The van der Waals surface area contributed by atoms with Gasteiger partial charge in [0.2, 0.25) is 0 Å². The lowest BCUT2D eigenvalue weighted by atomic mass is 10.0. The van der Waals surface area contributed by atoms with Gasteiger partial charge in [-0.1, -0.05) is 136 Å². The Kier molecular flexibility index (Phi) is 27.1. The second kappa shape index (κ2) is 27.6. The van der Waals surface area contributed by atoms with Crippen molar-refractivity contribution in [1.82, 2.24) is 0 Å². The minimum Gasteiger partial charge on any atom is -0.457 e. The highest BCUT2D eigenvalue weighted by atomic mass is 16.6. The third kappa shape index (κ3) is 25.8. The lowest BCUT2D eigenvalue weighted by Gasteiger charge is -2.15. The number of hydrogen-bond acceptors (Lipinski definition) is 4. The summed E-state index contributed by atoms with van der Waals surface area (Å²) in [6.07, 6.45) is 27.2. The molecule has 0 aromatic carbocycles. The van der Waals surface area contributed by atoms with E-state index in [4.69, 9.17) is 9.47 Å². The topological polar surface area (TPSA) is 55.8 Å². The highest BCUT2D eigenvalue weighted by Gasteiger charge is 2.13. The zero-order valence-electron chi connectivity index (χ0n) is 22.4. The SMILES string of the molecule is CCCCCCCCCCCCCCCCCCOCC(CO)OC(=O)CCCCCCC. The predicted octanol–water partition coefficient (Wildman–Crippen LogP) is 8.53. The molecular weight excluding hydrogens is 412 g/mol. The molecule has 0 amide bonds. The number of carbonyl (C=O) groups excluding carboxylic acids is 1. The molecule has 198 valence electrons. The van der Waals surface area contributed by atoms with Gasteiger partial charge in [-0.3, -0.25) is 4.79 Å². The molecule has 0 aliphatic carbocycles. The van der Waals surface area contributed by atoms with Crippen molar-refractivity contribution >= 4 is 5.97 Å². The van der Waals surface area contributed by atoms with Gasteiger partial charge < -0.3 is 14.6 Å². The molecule has 33 heavy (non-hydrogen) atoms. The van der Waals surface area contributed by atoms with Gasteiger partial charge >= 0.3 is 5.97 Å². The number of aliphatic hydroxyl groups excluding tert-OH is 1. The van der Waals surface area contributed by atoms with Crippen LogP contribution in [-0.2, 0) is 14.3 Å². The Bertz CT molecular complexity index is 386. The smallest absolute Gasteiger partial charge is 0.306 e. The van der Waals surface area contributed by atoms with Crippen LogP contribution < -0.4 is 0 Å². The minimum atomic E-state index is -0.519. The Labute approximate surface area is 206 Å². The first-order chi connectivity index (χ1) is 16.2. The molecule has 0 fully saturated rings. The van der Waals surface area contributed by atoms with Gasteiger partial charge in [-0.15, -0.1) is 0 Å². The molecule has 0 spiro atoms. The van der Waals surface area contributed by atoms with Crippen molar-refractivity contribution in [2.24, 2.45) is 0 Å². The molecule has 0 rings (SSSR count). The standard InChI is InChI=1S/C29H58O4/c1-3-5-7-9-10-11-12-13-14-15-16-17-18-19-21-23-25-32-27-28(26-30)33-29(31)24-22-20-8-6-4-2/h28,30H,3-27H2,1-2H3. The van der Waals surface area contributed by atoms with Crippen LogP contribution in [0.15, 0.2) is 0 Å². The van der Waals surface area contributed by atoms with Gasteiger partial charge in [0.05, 0.1) is 13.2 Å². The van der Waals surface area contributed by atoms with Crippen LogP contribution in [-0.4, -0.2) is 37.0 Å². The zero-order valence-corrected chi connectivity index (χ0v) is 22.4. The molecule has 0 saturated heterocycles. The molecule has 4 nitrogen and oxygen atoms in total. The summed E-state index contributed by atoms with van der Waals surface area (Å²) in [6.45, 7) is 5.28. The van der Waals surface area contributed by atoms with E-state index in [1.807, 2.05) is 0 Å². The predicted molar refractivity (Wildman–Crippen MR) is 141 cm³/mol. The van der Waals surface area contributed by atoms with Gasteiger partial charge in [-0.2, -0.15) is 0 Å². The second-order valence-electron chi connectivity index (χ2n) is 9.84. The van der Waals surface area contributed by atoms with Gasteiger partial charge in [0.25, 0.3) is 0 Å². The first-order valence-corrected chi connectivity index (χ1v) is 14.6. The molecule has 0 aromatic rings. The van der Waals surface area contributed by atoms with Crippen molar-refractivity contribution in [2.75, 3.05) is 19.8 Å². The van der Waals surface area contributed by atoms with Crippen molar-refractivity contribution in [1.29, 1.82) is 0 Å². The molecule has 0 aliphatic heterocycles. The van der Waals surface area contributed by atoms with E-state index in [1.54, 1.807) is 0 Å². The lowest BCUT2D eigenvalue weighted by Crippen LogP contribution is -2.27. The second-order valence-corrected chi connectivity index (χ2v) is 9.84. The summed E-state index contributed by atoms with van der Waals surface area (Å²) in [5.74, 6) is -0.212. The number of esters is 1. The van der Waals surface area contributed by atoms with Gasteiger partial charge in [0, 0.05) is 13.0 Å². The van der Waals surface area contributed by atoms with E-state index >= 15 is 0 Å². The summed E-state index contributed by atoms with van der Waals surface area (Å²) in [4.78, 5) is 11.8. The first-order valence-electron chi connectivity index (χ1n) is 14.6. The van der Waals surface area contributed by atoms with Crippen molar-refractivity contribution in [3.63, 3.8) is 0 Å². The third-order valence-corrected chi connectivity index (χ3v) is 6.43. The molecule has 1 atom stereocenters. The van der Waals surface area contributed by atoms with Crippen LogP contribution in [0.5, 0.6) is 0 Å². The minimum absolute atomic E-state index is 0.166. The lowest BCUT2D eigenvalue weighted by molar-refractivity contribution is -0.154. The number of hydrogen-bond donors (Lipinski definition) is 1. The highest BCUT2D eigenvalue weighted by molar-refractivity contribution is 5.69. The van der Waals surface area contributed by atoms with Crippen LogP contribution in [0.2, 0.25) is 0 Å².